The molecule has 31 heavy (non-hydrogen) atoms. The van der Waals surface area contributed by atoms with Gasteiger partial charge in [0.2, 0.25) is 0 Å². The van der Waals surface area contributed by atoms with Gasteiger partial charge >= 0.3 is 46.5 Å². The van der Waals surface area contributed by atoms with Crippen molar-refractivity contribution in [3.05, 3.63) is 96.6 Å². The van der Waals surface area contributed by atoms with Crippen LogP contribution in [-0.2, 0) is 25.3 Å². The second kappa shape index (κ2) is 12.5. The third kappa shape index (κ3) is 6.96. The summed E-state index contributed by atoms with van der Waals surface area (Å²) in [4.78, 5) is 0. The molecule has 160 valence electrons. The minimum absolute atomic E-state index is 0.279. The van der Waals surface area contributed by atoms with Crippen LogP contribution in [0.5, 0.6) is 0 Å². The van der Waals surface area contributed by atoms with Gasteiger partial charge in [0.1, 0.15) is 0 Å². The molecule has 0 radical (unpaired) electrons. The summed E-state index contributed by atoms with van der Waals surface area (Å²) < 4.78 is 1.89. The first kappa shape index (κ1) is 24.1. The maximum atomic E-state index is 8.70. The monoisotopic (exact) mass is 526 g/mol. The molecule has 0 aromatic heterocycles. The summed E-state index contributed by atoms with van der Waals surface area (Å²) in [7, 11) is 10.7. The first-order valence-electron chi connectivity index (χ1n) is 10.4. The minimum atomic E-state index is -1.76. The number of hydrogen-bond acceptors (Lipinski definition) is 1. The van der Waals surface area contributed by atoms with E-state index in [9.17, 15) is 0 Å². The number of halogens is 2. The Morgan fingerprint density at radius 1 is 0.806 bits per heavy atom. The molecular formula is C27H26Cl2OZr-2. The summed E-state index contributed by atoms with van der Waals surface area (Å²) in [6.45, 7) is 2.18. The van der Waals surface area contributed by atoms with Crippen LogP contribution in [0.3, 0.4) is 0 Å². The van der Waals surface area contributed by atoms with Crippen LogP contribution in [0.25, 0.3) is 32.3 Å². The van der Waals surface area contributed by atoms with Gasteiger partial charge in [0.25, 0.3) is 0 Å². The Morgan fingerprint density at radius 2 is 1.32 bits per heavy atom. The van der Waals surface area contributed by atoms with Gasteiger partial charge in [0.15, 0.2) is 0 Å². The van der Waals surface area contributed by atoms with Crippen molar-refractivity contribution >= 4 is 53.1 Å². The zero-order chi connectivity index (χ0) is 22.1. The zero-order valence-electron chi connectivity index (χ0n) is 17.6. The van der Waals surface area contributed by atoms with Crippen molar-refractivity contribution in [3.63, 3.8) is 0 Å². The van der Waals surface area contributed by atoms with Gasteiger partial charge in [0, 0.05) is 6.61 Å². The Bertz CT molecular complexity index is 1180. The Hall–Kier alpha value is -1.57. The van der Waals surface area contributed by atoms with E-state index in [-0.39, 0.29) is 6.61 Å². The van der Waals surface area contributed by atoms with E-state index >= 15 is 0 Å². The van der Waals surface area contributed by atoms with Gasteiger partial charge in [0.05, 0.1) is 0 Å². The maximum Gasteiger partial charge on any atom is 0.0433 e. The minimum Gasteiger partial charge on any atom is -0.396 e. The average molecular weight is 529 g/mol. The predicted octanol–water partition coefficient (Wildman–Crippen LogP) is 7.93. The summed E-state index contributed by atoms with van der Waals surface area (Å²) in [5.74, 6) is 0. The smallest absolute Gasteiger partial charge is 0.0433 e. The number of fused-ring (bicyclic) bond motifs is 4. The summed E-state index contributed by atoms with van der Waals surface area (Å²) in [6, 6.07) is 32.0. The molecule has 4 heteroatoms. The molecule has 0 unspecified atom stereocenters. The maximum absolute atomic E-state index is 8.70. The number of rotatable bonds is 3. The largest absolute Gasteiger partial charge is 0.396 e. The first-order chi connectivity index (χ1) is 15.1. The summed E-state index contributed by atoms with van der Waals surface area (Å²) in [5, 5.41) is 16.7. The van der Waals surface area contributed by atoms with E-state index in [0.717, 1.165) is 12.8 Å². The molecule has 0 fully saturated rings. The van der Waals surface area contributed by atoms with Crippen LogP contribution in [0, 0.1) is 0 Å². The van der Waals surface area contributed by atoms with Crippen molar-refractivity contribution in [3.8, 4) is 0 Å². The number of aryl methyl sites for hydroxylation is 1. The zero-order valence-corrected chi connectivity index (χ0v) is 21.5. The molecule has 0 amide bonds. The number of benzene rings is 3. The summed E-state index contributed by atoms with van der Waals surface area (Å²) in [5.41, 5.74) is 1.33. The van der Waals surface area contributed by atoms with Crippen LogP contribution in [0.4, 0.5) is 0 Å². The van der Waals surface area contributed by atoms with Crippen molar-refractivity contribution < 1.29 is 24.0 Å². The third-order valence-electron chi connectivity index (χ3n) is 5.04. The molecule has 0 bridgehead atoms. The second-order valence-corrected chi connectivity index (χ2v) is 16.0. The van der Waals surface area contributed by atoms with Crippen LogP contribution < -0.4 is 0 Å². The van der Waals surface area contributed by atoms with E-state index in [1.807, 2.05) is 10.6 Å². The quantitative estimate of drug-likeness (QED) is 0.236. The third-order valence-corrected chi connectivity index (χ3v) is 8.70. The van der Waals surface area contributed by atoms with Crippen molar-refractivity contribution in [1.82, 2.24) is 0 Å². The fourth-order valence-corrected chi connectivity index (χ4v) is 3.55. The van der Waals surface area contributed by atoms with Gasteiger partial charge in [-0.1, -0.05) is 42.5 Å². The van der Waals surface area contributed by atoms with Crippen LogP contribution in [0.2, 0.25) is 0 Å². The van der Waals surface area contributed by atoms with E-state index < -0.39 is 18.9 Å². The Balaban J connectivity index is 0.000000146. The fraction of sp³-hybridized carbons (Fsp3) is 0.148. The van der Waals surface area contributed by atoms with Crippen LogP contribution >= 0.6 is 17.0 Å². The van der Waals surface area contributed by atoms with Crippen LogP contribution in [0.1, 0.15) is 18.9 Å². The topological polar surface area (TPSA) is 20.2 Å². The van der Waals surface area contributed by atoms with Gasteiger partial charge in [-0.05, 0) is 12.8 Å². The molecule has 0 spiro atoms. The molecule has 0 aliphatic carbocycles. The molecule has 1 N–H and O–H groups in total. The number of hydrogen-bond donors (Lipinski definition) is 1. The number of aliphatic hydroxyl groups excluding tert-OH is 1. The van der Waals surface area contributed by atoms with E-state index in [2.05, 4.69) is 91.0 Å². The molecule has 0 saturated carbocycles. The molecule has 0 aliphatic rings. The van der Waals surface area contributed by atoms with E-state index in [1.165, 1.54) is 37.9 Å². The predicted molar refractivity (Wildman–Crippen MR) is 135 cm³/mol. The molecule has 5 aromatic carbocycles. The van der Waals surface area contributed by atoms with Crippen molar-refractivity contribution in [2.75, 3.05) is 6.61 Å². The summed E-state index contributed by atoms with van der Waals surface area (Å²) >= 11 is -1.76. The van der Waals surface area contributed by atoms with Crippen molar-refractivity contribution in [1.29, 1.82) is 0 Å². The molecular weight excluding hydrogens is 502 g/mol. The molecule has 0 heterocycles. The number of aliphatic hydroxyl groups is 1. The molecule has 1 nitrogen and oxygen atoms in total. The first-order valence-corrected chi connectivity index (χ1v) is 18.1. The van der Waals surface area contributed by atoms with E-state index in [4.69, 9.17) is 22.1 Å². The van der Waals surface area contributed by atoms with Crippen molar-refractivity contribution in [2.24, 2.45) is 0 Å². The van der Waals surface area contributed by atoms with E-state index in [1.54, 1.807) is 0 Å². The van der Waals surface area contributed by atoms with Crippen molar-refractivity contribution in [2.45, 2.75) is 19.8 Å². The molecule has 5 aromatic rings. The normalized spacial score (nSPS) is 10.3. The fourth-order valence-electron chi connectivity index (χ4n) is 3.55. The Labute approximate surface area is 198 Å². The Morgan fingerprint density at radius 3 is 1.84 bits per heavy atom. The van der Waals surface area contributed by atoms with Gasteiger partial charge in [-0.3, -0.25) is 0 Å². The standard InChI is InChI=1S/C13H9.C12H13O.C2H4.2ClH.Zr/c1-3-7-12-10(5-1)9-11-6-2-4-8-13(11)12;13-7-3-4-10-8-11-5-1-2-6-12(11)9-10;1-2;;;/h1-9H;1-2,5-6,8-9,13H,3-4,7H2;1H,2H3;2*1H;/q2*-1;;;;+2/p-2. The van der Waals surface area contributed by atoms with Crippen LogP contribution in [0.15, 0.2) is 91.0 Å². The van der Waals surface area contributed by atoms with E-state index in [0.29, 0.717) is 0 Å². The SMILES string of the molecule is C[CH]=[Zr]([Cl])[Cl].OCCCc1cc2ccccc2[cH-]1.c1ccc2c(c1)[cH-]c1ccccc12. The van der Waals surface area contributed by atoms with Gasteiger partial charge in [-0.25, -0.2) is 0 Å². The second-order valence-electron chi connectivity index (χ2n) is 7.22. The van der Waals surface area contributed by atoms with Gasteiger partial charge in [-0.15, -0.1) is 80.3 Å². The molecule has 0 aliphatic heterocycles. The van der Waals surface area contributed by atoms with Crippen LogP contribution in [-0.4, -0.2) is 15.4 Å². The Kier molecular flexibility index (Phi) is 9.68. The van der Waals surface area contributed by atoms with Gasteiger partial charge in [-0.2, -0.15) is 6.07 Å². The molecule has 0 atom stereocenters. The molecule has 0 saturated heterocycles. The summed E-state index contributed by atoms with van der Waals surface area (Å²) in [6.07, 6.45) is 1.83. The van der Waals surface area contributed by atoms with Gasteiger partial charge < -0.3 is 5.11 Å². The average Bonchev–Trinajstić information content (AvgIpc) is 3.39. The molecule has 5 rings (SSSR count).